The smallest absolute Gasteiger partial charge is 0.320 e. The predicted molar refractivity (Wildman–Crippen MR) is 102 cm³/mol. The molecule has 27 heavy (non-hydrogen) atoms. The molecule has 0 heterocycles. The van der Waals surface area contributed by atoms with E-state index in [0.717, 1.165) is 0 Å². The molecule has 0 aliphatic heterocycles. The van der Waals surface area contributed by atoms with Crippen molar-refractivity contribution in [2.24, 2.45) is 11.8 Å². The van der Waals surface area contributed by atoms with Crippen LogP contribution in [0.15, 0.2) is 10.1 Å². The van der Waals surface area contributed by atoms with E-state index in [0.29, 0.717) is 0 Å². The minimum Gasteiger partial charge on any atom is -0.465 e. The van der Waals surface area contributed by atoms with Gasteiger partial charge < -0.3 is 18.9 Å². The second-order valence-electron chi connectivity index (χ2n) is 6.36. The molecule has 0 spiro atoms. The highest BCUT2D eigenvalue weighted by Gasteiger charge is 2.80. The number of hydrogen-bond acceptors (Lipinski definition) is 6. The topological polar surface area (TPSA) is 71.1 Å². The summed E-state index contributed by atoms with van der Waals surface area (Å²) in [6, 6.07) is 0. The Morgan fingerprint density at radius 3 is 1.89 bits per heavy atom. The van der Waals surface area contributed by atoms with Gasteiger partial charge in [-0.2, -0.15) is 0 Å². The monoisotopic (exact) mass is 462 g/mol. The molecular formula is C17H22Cl4O6. The highest BCUT2D eigenvalue weighted by Crippen LogP contribution is 2.72. The van der Waals surface area contributed by atoms with Crippen molar-refractivity contribution in [1.82, 2.24) is 0 Å². The first-order chi connectivity index (χ1) is 12.6. The van der Waals surface area contributed by atoms with Crippen LogP contribution < -0.4 is 0 Å². The van der Waals surface area contributed by atoms with E-state index in [2.05, 4.69) is 0 Å². The highest BCUT2D eigenvalue weighted by molar-refractivity contribution is 6.52. The average Bonchev–Trinajstić information content (AvgIpc) is 2.90. The summed E-state index contributed by atoms with van der Waals surface area (Å²) >= 11 is 26.5. The molecule has 3 atom stereocenters. The van der Waals surface area contributed by atoms with Gasteiger partial charge in [-0.3, -0.25) is 9.59 Å². The molecule has 0 radical (unpaired) electrons. The number of alkyl halides is 2. The summed E-state index contributed by atoms with van der Waals surface area (Å²) in [6.07, 6.45) is 0.175. The number of fused-ring (bicyclic) bond motifs is 2. The number of halogens is 4. The Hall–Kier alpha value is -0.240. The van der Waals surface area contributed by atoms with E-state index in [1.165, 1.54) is 14.2 Å². The summed E-state index contributed by atoms with van der Waals surface area (Å²) in [6.45, 7) is 3.54. The van der Waals surface area contributed by atoms with E-state index < -0.39 is 39.3 Å². The van der Waals surface area contributed by atoms with E-state index in [9.17, 15) is 9.59 Å². The van der Waals surface area contributed by atoms with Crippen LogP contribution in [0.3, 0.4) is 0 Å². The van der Waals surface area contributed by atoms with E-state index in [1.54, 1.807) is 13.8 Å². The van der Waals surface area contributed by atoms with Crippen LogP contribution in [0.25, 0.3) is 0 Å². The fourth-order valence-electron chi connectivity index (χ4n) is 4.07. The Labute approximate surface area is 178 Å². The number of carbonyl (C=O) groups excluding carboxylic acids is 2. The molecule has 0 aromatic rings. The third-order valence-electron chi connectivity index (χ3n) is 5.19. The second-order valence-corrected chi connectivity index (χ2v) is 8.36. The first-order valence-electron chi connectivity index (χ1n) is 8.48. The maximum absolute atomic E-state index is 12.4. The van der Waals surface area contributed by atoms with Crippen LogP contribution in [0.4, 0.5) is 0 Å². The van der Waals surface area contributed by atoms with Crippen molar-refractivity contribution in [3.05, 3.63) is 10.1 Å². The zero-order valence-corrected chi connectivity index (χ0v) is 18.5. The number of methoxy groups -OCH3 is 2. The standard InChI is InChI=1S/C17H22Cl4O6/c1-5-26-13(22)10(14(23)27-6-2)7-9-8-15(20)11(18)12(19)16(9,21)17(15,24-3)25-4/h9-10H,5-8H2,1-4H3/t9-,15+,16-/m1/s1. The lowest BCUT2D eigenvalue weighted by molar-refractivity contribution is -0.219. The predicted octanol–water partition coefficient (Wildman–Crippen LogP) is 3.79. The van der Waals surface area contributed by atoms with Crippen LogP contribution in [-0.4, -0.2) is 54.9 Å². The minimum atomic E-state index is -1.56. The summed E-state index contributed by atoms with van der Waals surface area (Å²) < 4.78 is 21.2. The van der Waals surface area contributed by atoms with Gasteiger partial charge in [0, 0.05) is 14.2 Å². The molecule has 154 valence electrons. The van der Waals surface area contributed by atoms with Crippen molar-refractivity contribution < 1.29 is 28.5 Å². The quantitative estimate of drug-likeness (QED) is 0.236. The summed E-state index contributed by atoms with van der Waals surface area (Å²) in [4.78, 5) is 21.9. The van der Waals surface area contributed by atoms with Gasteiger partial charge in [-0.25, -0.2) is 0 Å². The fraction of sp³-hybridized carbons (Fsp3) is 0.765. The molecule has 10 heteroatoms. The van der Waals surface area contributed by atoms with Crippen molar-refractivity contribution >= 4 is 58.3 Å². The van der Waals surface area contributed by atoms with Gasteiger partial charge in [0.1, 0.15) is 9.75 Å². The number of carbonyl (C=O) groups is 2. The molecule has 1 saturated carbocycles. The first-order valence-corrected chi connectivity index (χ1v) is 9.99. The number of rotatable bonds is 8. The summed E-state index contributed by atoms with van der Waals surface area (Å²) in [5.41, 5.74) is 0. The van der Waals surface area contributed by atoms with Crippen LogP contribution in [0.2, 0.25) is 0 Å². The minimum absolute atomic E-state index is 0.00943. The molecule has 0 saturated heterocycles. The van der Waals surface area contributed by atoms with Crippen LogP contribution in [0.5, 0.6) is 0 Å². The number of esters is 2. The van der Waals surface area contributed by atoms with Crippen LogP contribution in [0.1, 0.15) is 26.7 Å². The molecule has 2 aliphatic carbocycles. The molecule has 1 fully saturated rings. The van der Waals surface area contributed by atoms with Crippen molar-refractivity contribution in [2.75, 3.05) is 27.4 Å². The summed E-state index contributed by atoms with van der Waals surface area (Å²) in [5.74, 6) is -4.70. The van der Waals surface area contributed by atoms with Crippen molar-refractivity contribution in [1.29, 1.82) is 0 Å². The molecular weight excluding hydrogens is 442 g/mol. The first kappa shape index (κ1) is 23.0. The highest BCUT2D eigenvalue weighted by atomic mass is 35.5. The Bertz CT molecular complexity index is 631. The normalized spacial score (nSPS) is 31.5. The molecule has 2 aliphatic rings. The lowest BCUT2D eigenvalue weighted by Crippen LogP contribution is -2.57. The molecule has 6 nitrogen and oxygen atoms in total. The van der Waals surface area contributed by atoms with Crippen LogP contribution >= 0.6 is 46.4 Å². The Morgan fingerprint density at radius 1 is 1.04 bits per heavy atom. The maximum Gasteiger partial charge on any atom is 0.320 e. The molecule has 0 unspecified atom stereocenters. The Balaban J connectivity index is 2.44. The molecule has 2 rings (SSSR count). The van der Waals surface area contributed by atoms with E-state index >= 15 is 0 Å². The lowest BCUT2D eigenvalue weighted by Gasteiger charge is -2.41. The largest absolute Gasteiger partial charge is 0.465 e. The van der Waals surface area contributed by atoms with Gasteiger partial charge in [0.05, 0.1) is 23.3 Å². The van der Waals surface area contributed by atoms with Gasteiger partial charge in [-0.1, -0.05) is 23.2 Å². The van der Waals surface area contributed by atoms with Gasteiger partial charge in [0.2, 0.25) is 5.79 Å². The average molecular weight is 464 g/mol. The van der Waals surface area contributed by atoms with Crippen LogP contribution in [0, 0.1) is 11.8 Å². The van der Waals surface area contributed by atoms with Crippen molar-refractivity contribution in [2.45, 2.75) is 42.2 Å². The van der Waals surface area contributed by atoms with Gasteiger partial charge >= 0.3 is 11.9 Å². The van der Waals surface area contributed by atoms with Gasteiger partial charge in [0.25, 0.3) is 0 Å². The second kappa shape index (κ2) is 8.25. The van der Waals surface area contributed by atoms with Crippen molar-refractivity contribution in [3.63, 3.8) is 0 Å². The van der Waals surface area contributed by atoms with Crippen LogP contribution in [-0.2, 0) is 28.5 Å². The number of ether oxygens (including phenoxy) is 4. The lowest BCUT2D eigenvalue weighted by atomic mass is 9.83. The third-order valence-corrected chi connectivity index (χ3v) is 7.82. The molecule has 0 amide bonds. The Kier molecular flexibility index (Phi) is 7.04. The summed E-state index contributed by atoms with van der Waals surface area (Å²) in [5, 5.41) is 0.205. The maximum atomic E-state index is 12.4. The van der Waals surface area contributed by atoms with Crippen molar-refractivity contribution in [3.8, 4) is 0 Å². The van der Waals surface area contributed by atoms with E-state index in [-0.39, 0.29) is 36.1 Å². The fourth-order valence-corrected chi connectivity index (χ4v) is 6.17. The third kappa shape index (κ3) is 3.08. The molecule has 0 aromatic heterocycles. The zero-order chi connectivity index (χ0) is 20.6. The molecule has 0 N–H and O–H groups in total. The van der Waals surface area contributed by atoms with Gasteiger partial charge in [0.15, 0.2) is 5.92 Å². The van der Waals surface area contributed by atoms with E-state index in [1.807, 2.05) is 0 Å². The van der Waals surface area contributed by atoms with Gasteiger partial charge in [-0.15, -0.1) is 23.2 Å². The SMILES string of the molecule is CCOC(=O)C(C[C@@H]1C[C@]2(Cl)C(Cl)=C(Cl)[C@@]1(Cl)C2(OC)OC)C(=O)OCC. The van der Waals surface area contributed by atoms with Gasteiger partial charge in [-0.05, 0) is 32.6 Å². The molecule has 2 bridgehead atoms. The van der Waals surface area contributed by atoms with E-state index in [4.69, 9.17) is 65.4 Å². The summed E-state index contributed by atoms with van der Waals surface area (Å²) in [7, 11) is 2.77. The molecule has 0 aromatic carbocycles. The zero-order valence-electron chi connectivity index (χ0n) is 15.4. The Morgan fingerprint density at radius 2 is 1.52 bits per heavy atom. The number of hydrogen-bond donors (Lipinski definition) is 0.